The van der Waals surface area contributed by atoms with Crippen molar-refractivity contribution in [3.05, 3.63) is 71.3 Å². The highest BCUT2D eigenvalue weighted by atomic mass is 15.2. The van der Waals surface area contributed by atoms with Gasteiger partial charge in [0, 0.05) is 133 Å². The highest BCUT2D eigenvalue weighted by molar-refractivity contribution is 5.76. The summed E-state index contributed by atoms with van der Waals surface area (Å²) in [6.07, 6.45) is 27.3. The maximum atomic E-state index is 4.51. The average molecular weight is 1330 g/mol. The van der Waals surface area contributed by atoms with Crippen molar-refractivity contribution in [3.8, 4) is 0 Å². The Hall–Kier alpha value is -5.54. The quantitative estimate of drug-likeness (QED) is 0.0492. The number of rotatable bonds is 12. The van der Waals surface area contributed by atoms with Crippen LogP contribution in [0.15, 0.2) is 49.1 Å². The highest BCUT2D eigenvalue weighted by Gasteiger charge is 2.43. The number of nitrogens with one attached hydrogen (secondary N) is 8. The molecule has 16 nitrogen and oxygen atoms in total. The molecular formula is C76H152B4N16. The SMILES string of the molecule is CC.CC.CC.CC.CC.CC.CC.CC.CC.CC.CC.CC.CNc1ncc(C)c(NC2C3C=CC(C3)C2C)n1.CNc1ncc(C)c(NC2C3C=CC(C3)C2C)n1.CNc1ncc(C)c(NC2CCCC2C)n1.CNc1ncc(C)c(NC2CCCC2C)n1.[B].[B].[B].[B]. The summed E-state index contributed by atoms with van der Waals surface area (Å²) in [6, 6.07) is 2.16. The third-order valence-electron chi connectivity index (χ3n) is 15.5. The molecule has 12 atom stereocenters. The van der Waals surface area contributed by atoms with Crippen molar-refractivity contribution in [2.45, 2.75) is 297 Å². The van der Waals surface area contributed by atoms with Crippen LogP contribution in [0.5, 0.6) is 0 Å². The zero-order chi connectivity index (χ0) is 72.5. The Balaban J connectivity index is -0.000000115. The molecule has 4 saturated carbocycles. The predicted molar refractivity (Wildman–Crippen MR) is 440 cm³/mol. The number of aromatic nitrogens is 8. The van der Waals surface area contributed by atoms with E-state index in [4.69, 9.17) is 0 Å². The van der Waals surface area contributed by atoms with Gasteiger partial charge in [-0.05, 0) is 114 Å². The smallest absolute Gasteiger partial charge is 0.224 e. The lowest BCUT2D eigenvalue weighted by Gasteiger charge is -2.27. The molecule has 4 fully saturated rings. The van der Waals surface area contributed by atoms with E-state index in [-0.39, 0.29) is 33.7 Å². The molecule has 0 amide bonds. The largest absolute Gasteiger partial charge is 0.367 e. The van der Waals surface area contributed by atoms with E-state index in [0.717, 1.165) is 69.2 Å². The Morgan fingerprint density at radius 3 is 0.688 bits per heavy atom. The second-order valence-corrected chi connectivity index (χ2v) is 20.2. The lowest BCUT2D eigenvalue weighted by Crippen LogP contribution is -2.31. The maximum absolute atomic E-state index is 4.51. The number of hydrogen-bond acceptors (Lipinski definition) is 16. The first-order valence-corrected chi connectivity index (χ1v) is 37.3. The van der Waals surface area contributed by atoms with Crippen molar-refractivity contribution in [1.29, 1.82) is 0 Å². The van der Waals surface area contributed by atoms with Crippen molar-refractivity contribution in [2.24, 2.45) is 47.3 Å². The van der Waals surface area contributed by atoms with Gasteiger partial charge < -0.3 is 42.5 Å². The molecule has 0 aromatic carbocycles. The molecule has 4 aromatic rings. The zero-order valence-corrected chi connectivity index (χ0v) is 69.1. The van der Waals surface area contributed by atoms with E-state index in [1.165, 1.54) is 51.4 Å². The van der Waals surface area contributed by atoms with Crippen LogP contribution in [0, 0.1) is 75.0 Å². The minimum Gasteiger partial charge on any atom is -0.367 e. The number of fused-ring (bicyclic) bond motifs is 4. The Morgan fingerprint density at radius 1 is 0.302 bits per heavy atom. The number of allylic oxidation sites excluding steroid dienone is 2. The number of aryl methyl sites for hydroxylation is 4. The van der Waals surface area contributed by atoms with Crippen molar-refractivity contribution in [3.63, 3.8) is 0 Å². The second-order valence-electron chi connectivity index (χ2n) is 20.2. The number of hydrogen-bond donors (Lipinski definition) is 8. The minimum absolute atomic E-state index is 0. The topological polar surface area (TPSA) is 199 Å². The fourth-order valence-corrected chi connectivity index (χ4v) is 10.8. The van der Waals surface area contributed by atoms with E-state index < -0.39 is 0 Å². The predicted octanol–water partition coefficient (Wildman–Crippen LogP) is 20.5. The number of anilines is 8. The molecule has 20 heteroatoms. The van der Waals surface area contributed by atoms with Gasteiger partial charge in [-0.25, -0.2) is 19.9 Å². The summed E-state index contributed by atoms with van der Waals surface area (Å²) < 4.78 is 0. The van der Waals surface area contributed by atoms with Crippen LogP contribution in [0.2, 0.25) is 0 Å². The summed E-state index contributed by atoms with van der Waals surface area (Å²) in [4.78, 5) is 34.8. The summed E-state index contributed by atoms with van der Waals surface area (Å²) >= 11 is 0. The first-order chi connectivity index (χ1) is 44.8. The molecule has 10 rings (SSSR count). The van der Waals surface area contributed by atoms with E-state index in [0.29, 0.717) is 71.6 Å². The van der Waals surface area contributed by atoms with Crippen LogP contribution in [0.4, 0.5) is 47.1 Å². The minimum atomic E-state index is 0. The van der Waals surface area contributed by atoms with Gasteiger partial charge in [-0.1, -0.05) is 231 Å². The fraction of sp³-hybridized carbons (Fsp3) is 0.737. The van der Waals surface area contributed by atoms with Crippen LogP contribution in [-0.4, -0.2) is 126 Å². The molecule has 12 unspecified atom stereocenters. The third-order valence-corrected chi connectivity index (χ3v) is 15.5. The lowest BCUT2D eigenvalue weighted by atomic mass is 9.90. The zero-order valence-electron chi connectivity index (χ0n) is 69.1. The van der Waals surface area contributed by atoms with E-state index in [9.17, 15) is 0 Å². The van der Waals surface area contributed by atoms with Crippen molar-refractivity contribution >= 4 is 80.7 Å². The monoisotopic (exact) mass is 1330 g/mol. The summed E-state index contributed by atoms with van der Waals surface area (Å²) in [5, 5.41) is 26.2. The molecular weight excluding hydrogens is 1180 g/mol. The molecule has 8 N–H and O–H groups in total. The Kier molecular flexibility index (Phi) is 84.1. The second kappa shape index (κ2) is 72.2. The maximum Gasteiger partial charge on any atom is 0.224 e. The van der Waals surface area contributed by atoms with Crippen LogP contribution in [-0.2, 0) is 0 Å². The van der Waals surface area contributed by atoms with Gasteiger partial charge in [0.05, 0.1) is 0 Å². The highest BCUT2D eigenvalue weighted by Crippen LogP contribution is 2.46. The Bertz CT molecular complexity index is 2210. The van der Waals surface area contributed by atoms with Crippen LogP contribution >= 0.6 is 0 Å². The van der Waals surface area contributed by atoms with E-state index in [2.05, 4.69) is 148 Å². The van der Waals surface area contributed by atoms with E-state index in [1.807, 2.05) is 233 Å². The molecule has 4 heterocycles. The Morgan fingerprint density at radius 2 is 0.510 bits per heavy atom. The first kappa shape index (κ1) is 112. The standard InChI is InChI=1S/2C14H20N4.2C12H20N4.12C2H6.4B/c2*1-8-7-16-14(15-3)18-13(8)17-12-9(2)10-4-5-11(12)6-10;2*1-8-5-4-6-10(8)15-11-9(2)7-14-12(13-3)16-11;12*1-2;;;;/h2*4-5,7,9-12H,6H2,1-3H3,(H2,15,16,17,18);2*7-8,10H,4-6H2,1-3H3,(H2,13,14,15,16);12*1-2H3;;;;. The van der Waals surface area contributed by atoms with Crippen molar-refractivity contribution in [2.75, 3.05) is 70.7 Å². The van der Waals surface area contributed by atoms with Gasteiger partial charge in [0.2, 0.25) is 23.8 Å². The van der Waals surface area contributed by atoms with Crippen molar-refractivity contribution < 1.29 is 0 Å². The molecule has 548 valence electrons. The van der Waals surface area contributed by atoms with Crippen LogP contribution in [0.1, 0.15) is 267 Å². The number of nitrogens with zero attached hydrogens (tertiary/aromatic N) is 8. The molecule has 0 spiro atoms. The van der Waals surface area contributed by atoms with E-state index in [1.54, 1.807) is 0 Å². The third kappa shape index (κ3) is 38.6. The normalized spacial score (nSPS) is 21.2. The van der Waals surface area contributed by atoms with Crippen LogP contribution in [0.3, 0.4) is 0 Å². The summed E-state index contributed by atoms with van der Waals surface area (Å²) in [6.45, 7) is 65.5. The molecule has 12 radical (unpaired) electrons. The lowest BCUT2D eigenvalue weighted by molar-refractivity contribution is 0.451. The molecule has 4 bridgehead atoms. The molecule has 0 aliphatic heterocycles. The van der Waals surface area contributed by atoms with Gasteiger partial charge in [-0.2, -0.15) is 19.9 Å². The Labute approximate surface area is 604 Å². The molecule has 96 heavy (non-hydrogen) atoms. The van der Waals surface area contributed by atoms with Gasteiger partial charge in [-0.3, -0.25) is 0 Å². The van der Waals surface area contributed by atoms with Gasteiger partial charge in [0.1, 0.15) is 23.3 Å². The van der Waals surface area contributed by atoms with Gasteiger partial charge >= 0.3 is 0 Å². The van der Waals surface area contributed by atoms with Crippen LogP contribution in [0.25, 0.3) is 0 Å². The first-order valence-electron chi connectivity index (χ1n) is 37.3. The van der Waals surface area contributed by atoms with Gasteiger partial charge in [-0.15, -0.1) is 0 Å². The van der Waals surface area contributed by atoms with E-state index >= 15 is 0 Å². The average Bonchev–Trinajstić information content (AvgIpc) is 1.64. The van der Waals surface area contributed by atoms with Crippen LogP contribution < -0.4 is 42.5 Å². The molecule has 0 saturated heterocycles. The van der Waals surface area contributed by atoms with Crippen molar-refractivity contribution in [1.82, 2.24) is 39.9 Å². The van der Waals surface area contributed by atoms with Gasteiger partial charge in [0.15, 0.2) is 0 Å². The molecule has 4 aromatic heterocycles. The summed E-state index contributed by atoms with van der Waals surface area (Å²) in [7, 11) is 7.37. The molecule has 6 aliphatic rings. The fourth-order valence-electron chi connectivity index (χ4n) is 10.8. The van der Waals surface area contributed by atoms with Gasteiger partial charge in [0.25, 0.3) is 0 Å². The molecule has 6 aliphatic carbocycles. The summed E-state index contributed by atoms with van der Waals surface area (Å²) in [5.41, 5.74) is 4.43. The summed E-state index contributed by atoms with van der Waals surface area (Å²) in [5.74, 6) is 12.3.